The number of ether oxygens (including phenoxy) is 1. The molecule has 0 spiro atoms. The van der Waals surface area contributed by atoms with E-state index >= 15 is 0 Å². The Hall–Kier alpha value is -3.14. The fourth-order valence-corrected chi connectivity index (χ4v) is 3.62. The monoisotopic (exact) mass is 421 g/mol. The number of nitrogens with zero attached hydrogens (tertiary/aromatic N) is 1. The van der Waals surface area contributed by atoms with Crippen molar-refractivity contribution < 1.29 is 22.9 Å². The molecule has 0 unspecified atom stereocenters. The Balaban J connectivity index is 2.16. The summed E-state index contributed by atoms with van der Waals surface area (Å²) in [5.74, 6) is 0.0568. The van der Waals surface area contributed by atoms with Crippen LogP contribution in [0, 0.1) is 17.0 Å². The van der Waals surface area contributed by atoms with Crippen molar-refractivity contribution in [3.05, 3.63) is 58.1 Å². The molecular formula is C19H23N3O6S. The second-order valence-corrected chi connectivity index (χ2v) is 8.39. The van der Waals surface area contributed by atoms with Gasteiger partial charge in [0.05, 0.1) is 21.1 Å². The summed E-state index contributed by atoms with van der Waals surface area (Å²) in [6.07, 6.45) is -0.745. The average Bonchev–Trinajstić information content (AvgIpc) is 2.63. The van der Waals surface area contributed by atoms with E-state index in [1.165, 1.54) is 49.4 Å². The van der Waals surface area contributed by atoms with Crippen LogP contribution in [0.1, 0.15) is 26.3 Å². The number of carbonyl (C=O) groups excluding carboxylic acids is 1. The highest BCUT2D eigenvalue weighted by Crippen LogP contribution is 2.27. The summed E-state index contributed by atoms with van der Waals surface area (Å²) < 4.78 is 33.1. The van der Waals surface area contributed by atoms with Gasteiger partial charge in [-0.25, -0.2) is 8.42 Å². The number of nitro groups is 1. The number of nitro benzene ring substituents is 1. The first-order chi connectivity index (χ1) is 13.5. The third kappa shape index (κ3) is 5.67. The summed E-state index contributed by atoms with van der Waals surface area (Å²) in [4.78, 5) is 22.3. The number of benzene rings is 2. The molecule has 9 nitrogen and oxygen atoms in total. The molecule has 0 heterocycles. The van der Waals surface area contributed by atoms with Crippen molar-refractivity contribution in [2.75, 3.05) is 4.72 Å². The second-order valence-electron chi connectivity index (χ2n) is 6.71. The second kappa shape index (κ2) is 8.91. The van der Waals surface area contributed by atoms with Crippen LogP contribution in [0.5, 0.6) is 5.75 Å². The lowest BCUT2D eigenvalue weighted by Gasteiger charge is -2.16. The first-order valence-electron chi connectivity index (χ1n) is 8.85. The predicted molar refractivity (Wildman–Crippen MR) is 108 cm³/mol. The van der Waals surface area contributed by atoms with Crippen molar-refractivity contribution in [3.63, 3.8) is 0 Å². The molecule has 0 radical (unpaired) electrons. The van der Waals surface area contributed by atoms with Crippen LogP contribution in [0.3, 0.4) is 0 Å². The lowest BCUT2D eigenvalue weighted by molar-refractivity contribution is -0.385. The maximum atomic E-state index is 12.6. The summed E-state index contributed by atoms with van der Waals surface area (Å²) in [7, 11) is -3.96. The molecule has 0 saturated heterocycles. The zero-order valence-corrected chi connectivity index (χ0v) is 17.3. The van der Waals surface area contributed by atoms with Gasteiger partial charge in [-0.15, -0.1) is 0 Å². The fourth-order valence-electron chi connectivity index (χ4n) is 2.49. The van der Waals surface area contributed by atoms with Gasteiger partial charge in [-0.2, -0.15) is 0 Å². The molecular weight excluding hydrogens is 398 g/mol. The van der Waals surface area contributed by atoms with E-state index in [1.54, 1.807) is 6.92 Å². The lowest BCUT2D eigenvalue weighted by Crippen LogP contribution is -2.40. The standard InChI is InChI=1S/C19H23N3O6S/c1-12(2)20-19(23)14(4)28-15-8-10-16(11-9-15)29(26,27)21-17-6-5-7-18(13(17)3)22(24)25/h5-12,14,21H,1-4H3,(H,20,23)/t14-/m1/s1. The van der Waals surface area contributed by atoms with Crippen molar-refractivity contribution in [3.8, 4) is 5.75 Å². The molecule has 0 bridgehead atoms. The van der Waals surface area contributed by atoms with Gasteiger partial charge in [0, 0.05) is 12.1 Å². The summed E-state index contributed by atoms with van der Waals surface area (Å²) in [5, 5.41) is 13.8. The van der Waals surface area contributed by atoms with Gasteiger partial charge in [-0.05, 0) is 58.0 Å². The van der Waals surface area contributed by atoms with Crippen LogP contribution in [0.25, 0.3) is 0 Å². The maximum Gasteiger partial charge on any atom is 0.274 e. The first kappa shape index (κ1) is 22.2. The van der Waals surface area contributed by atoms with Gasteiger partial charge in [0.25, 0.3) is 21.6 Å². The van der Waals surface area contributed by atoms with E-state index in [-0.39, 0.29) is 33.8 Å². The van der Waals surface area contributed by atoms with Gasteiger partial charge in [0.2, 0.25) is 0 Å². The third-order valence-corrected chi connectivity index (χ3v) is 5.37. The van der Waals surface area contributed by atoms with E-state index in [0.29, 0.717) is 5.75 Å². The van der Waals surface area contributed by atoms with E-state index in [1.807, 2.05) is 13.8 Å². The number of carbonyl (C=O) groups is 1. The first-order valence-corrected chi connectivity index (χ1v) is 10.3. The molecule has 10 heteroatoms. The Morgan fingerprint density at radius 3 is 2.28 bits per heavy atom. The van der Waals surface area contributed by atoms with Crippen LogP contribution in [-0.4, -0.2) is 31.4 Å². The van der Waals surface area contributed by atoms with Gasteiger partial charge < -0.3 is 10.1 Å². The maximum absolute atomic E-state index is 12.6. The number of sulfonamides is 1. The van der Waals surface area contributed by atoms with E-state index in [0.717, 1.165) is 0 Å². The summed E-state index contributed by atoms with van der Waals surface area (Å²) in [6.45, 7) is 6.73. The molecule has 2 aromatic rings. The van der Waals surface area contributed by atoms with E-state index < -0.39 is 21.1 Å². The minimum absolute atomic E-state index is 0.0237. The van der Waals surface area contributed by atoms with Crippen molar-refractivity contribution in [2.45, 2.75) is 44.7 Å². The average molecular weight is 421 g/mol. The molecule has 1 amide bonds. The Morgan fingerprint density at radius 2 is 1.72 bits per heavy atom. The zero-order chi connectivity index (χ0) is 21.8. The minimum Gasteiger partial charge on any atom is -0.481 e. The van der Waals surface area contributed by atoms with Gasteiger partial charge in [0.15, 0.2) is 6.10 Å². The van der Waals surface area contributed by atoms with E-state index in [9.17, 15) is 23.3 Å². The van der Waals surface area contributed by atoms with Crippen LogP contribution in [0.15, 0.2) is 47.4 Å². The van der Waals surface area contributed by atoms with Crippen molar-refractivity contribution >= 4 is 27.3 Å². The number of rotatable bonds is 8. The molecule has 2 N–H and O–H groups in total. The Kier molecular flexibility index (Phi) is 6.80. The summed E-state index contributed by atoms with van der Waals surface area (Å²) in [5.41, 5.74) is 0.159. The molecule has 0 saturated carbocycles. The summed E-state index contributed by atoms with van der Waals surface area (Å²) >= 11 is 0. The molecule has 0 aromatic heterocycles. The number of anilines is 1. The van der Waals surface area contributed by atoms with E-state index in [4.69, 9.17) is 4.74 Å². The smallest absolute Gasteiger partial charge is 0.274 e. The highest BCUT2D eigenvalue weighted by molar-refractivity contribution is 7.92. The van der Waals surface area contributed by atoms with Crippen molar-refractivity contribution in [1.29, 1.82) is 0 Å². The van der Waals surface area contributed by atoms with Crippen LogP contribution in [-0.2, 0) is 14.8 Å². The molecule has 0 aliphatic heterocycles. The molecule has 0 aliphatic carbocycles. The van der Waals surface area contributed by atoms with E-state index in [2.05, 4.69) is 10.0 Å². The largest absolute Gasteiger partial charge is 0.481 e. The van der Waals surface area contributed by atoms with Gasteiger partial charge in [0.1, 0.15) is 5.75 Å². The SMILES string of the molecule is Cc1c(NS(=O)(=O)c2ccc(O[C@H](C)C(=O)NC(C)C)cc2)cccc1[N+](=O)[O-]. The normalized spacial score (nSPS) is 12.3. The van der Waals surface area contributed by atoms with Crippen LogP contribution in [0.2, 0.25) is 0 Å². The lowest BCUT2D eigenvalue weighted by atomic mass is 10.2. The number of amides is 1. The highest BCUT2D eigenvalue weighted by Gasteiger charge is 2.20. The zero-order valence-electron chi connectivity index (χ0n) is 16.5. The highest BCUT2D eigenvalue weighted by atomic mass is 32.2. The molecule has 0 fully saturated rings. The Morgan fingerprint density at radius 1 is 1.10 bits per heavy atom. The number of nitrogens with one attached hydrogen (secondary N) is 2. The van der Waals surface area contributed by atoms with Gasteiger partial charge in [-0.1, -0.05) is 6.07 Å². The minimum atomic E-state index is -3.96. The van der Waals surface area contributed by atoms with Gasteiger partial charge >= 0.3 is 0 Å². The quantitative estimate of drug-likeness (QED) is 0.498. The van der Waals surface area contributed by atoms with Crippen LogP contribution < -0.4 is 14.8 Å². The van der Waals surface area contributed by atoms with Gasteiger partial charge in [-0.3, -0.25) is 19.6 Å². The molecule has 2 rings (SSSR count). The van der Waals surface area contributed by atoms with Crippen molar-refractivity contribution in [2.24, 2.45) is 0 Å². The van der Waals surface area contributed by atoms with Crippen molar-refractivity contribution in [1.82, 2.24) is 5.32 Å². The molecule has 1 atom stereocenters. The van der Waals surface area contributed by atoms with Crippen LogP contribution >= 0.6 is 0 Å². The molecule has 29 heavy (non-hydrogen) atoms. The van der Waals surface area contributed by atoms with Crippen LogP contribution in [0.4, 0.5) is 11.4 Å². The number of hydrogen-bond donors (Lipinski definition) is 2. The predicted octanol–water partition coefficient (Wildman–Crippen LogP) is 3.00. The fraction of sp³-hybridized carbons (Fsp3) is 0.316. The number of hydrogen-bond acceptors (Lipinski definition) is 6. The Bertz CT molecular complexity index is 1000. The third-order valence-electron chi connectivity index (χ3n) is 3.99. The summed E-state index contributed by atoms with van der Waals surface area (Å²) in [6, 6.07) is 9.67. The molecule has 156 valence electrons. The molecule has 2 aromatic carbocycles. The Labute approximate surface area is 169 Å². The molecule has 0 aliphatic rings. The topological polar surface area (TPSA) is 128 Å².